The van der Waals surface area contributed by atoms with Crippen LogP contribution in [0.15, 0.2) is 29.9 Å². The quantitative estimate of drug-likeness (QED) is 0.933. The molecular formula is C15H17ClFN3S. The average Bonchev–Trinajstić information content (AvgIpc) is 3.09. The van der Waals surface area contributed by atoms with E-state index in [1.54, 1.807) is 23.5 Å². The Bertz CT molecular complexity index is 605. The van der Waals surface area contributed by atoms with Gasteiger partial charge in [0.1, 0.15) is 5.82 Å². The number of rotatable bonds is 4. The number of nitrogens with zero attached hydrogens (tertiary/aromatic N) is 2. The van der Waals surface area contributed by atoms with Crippen molar-refractivity contribution in [2.75, 3.05) is 13.6 Å². The van der Waals surface area contributed by atoms with Crippen molar-refractivity contribution in [3.05, 3.63) is 51.2 Å². The number of benzene rings is 1. The Morgan fingerprint density at radius 3 is 3.10 bits per heavy atom. The average molecular weight is 326 g/mol. The molecule has 3 rings (SSSR count). The first-order valence-electron chi connectivity index (χ1n) is 6.91. The van der Waals surface area contributed by atoms with E-state index >= 15 is 0 Å². The number of thiazole rings is 1. The Balaban J connectivity index is 1.75. The van der Waals surface area contributed by atoms with Crippen molar-refractivity contribution in [2.45, 2.75) is 25.0 Å². The zero-order chi connectivity index (χ0) is 14.8. The second-order valence-electron chi connectivity index (χ2n) is 5.34. The first-order valence-corrected chi connectivity index (χ1v) is 8.17. The molecule has 0 saturated carbocycles. The molecule has 112 valence electrons. The van der Waals surface area contributed by atoms with Crippen molar-refractivity contribution in [3.63, 3.8) is 0 Å². The van der Waals surface area contributed by atoms with E-state index in [0.29, 0.717) is 6.04 Å². The zero-order valence-electron chi connectivity index (χ0n) is 11.7. The lowest BCUT2D eigenvalue weighted by molar-refractivity contribution is 0.285. The molecule has 1 N–H and O–H groups in total. The molecule has 0 bridgehead atoms. The van der Waals surface area contributed by atoms with Gasteiger partial charge < -0.3 is 5.32 Å². The predicted molar refractivity (Wildman–Crippen MR) is 84.1 cm³/mol. The standard InChI is InChI=1S/C15H17ClFN3S/c1-20-5-4-14(19-8-11-7-18-9-21-11)15(20)10-2-3-12(16)13(17)6-10/h2-3,6-7,9,14-15,19H,4-5,8H2,1H3/t14-,15+/m0/s1. The number of aromatic nitrogens is 1. The fraction of sp³-hybridized carbons (Fsp3) is 0.400. The molecule has 1 fully saturated rings. The second-order valence-corrected chi connectivity index (χ2v) is 6.72. The Labute approximate surface area is 132 Å². The minimum atomic E-state index is -0.351. The van der Waals surface area contributed by atoms with Gasteiger partial charge in [-0.15, -0.1) is 11.3 Å². The predicted octanol–water partition coefficient (Wildman–Crippen LogP) is 3.47. The van der Waals surface area contributed by atoms with E-state index in [4.69, 9.17) is 11.6 Å². The zero-order valence-corrected chi connectivity index (χ0v) is 13.3. The molecule has 1 saturated heterocycles. The van der Waals surface area contributed by atoms with Crippen LogP contribution in [0.5, 0.6) is 0 Å². The van der Waals surface area contributed by atoms with Crippen LogP contribution in [-0.2, 0) is 6.54 Å². The van der Waals surface area contributed by atoms with Crippen molar-refractivity contribution >= 4 is 22.9 Å². The topological polar surface area (TPSA) is 28.2 Å². The van der Waals surface area contributed by atoms with E-state index in [9.17, 15) is 4.39 Å². The van der Waals surface area contributed by atoms with E-state index in [1.165, 1.54) is 4.88 Å². The van der Waals surface area contributed by atoms with E-state index in [1.807, 2.05) is 17.8 Å². The lowest BCUT2D eigenvalue weighted by atomic mass is 10.00. The van der Waals surface area contributed by atoms with Gasteiger partial charge in [-0.1, -0.05) is 17.7 Å². The SMILES string of the molecule is CN1CC[C@H](NCc2cncs2)[C@H]1c1ccc(Cl)c(F)c1. The molecule has 0 aliphatic carbocycles. The second kappa shape index (κ2) is 6.40. The maximum atomic E-state index is 13.7. The fourth-order valence-electron chi connectivity index (χ4n) is 2.90. The largest absolute Gasteiger partial charge is 0.307 e. The highest BCUT2D eigenvalue weighted by atomic mass is 35.5. The summed E-state index contributed by atoms with van der Waals surface area (Å²) in [6.45, 7) is 1.80. The molecule has 1 aromatic heterocycles. The molecule has 6 heteroatoms. The number of nitrogens with one attached hydrogen (secondary N) is 1. The first-order chi connectivity index (χ1) is 10.1. The highest BCUT2D eigenvalue weighted by molar-refractivity contribution is 7.09. The molecule has 1 aromatic carbocycles. The first kappa shape index (κ1) is 14.9. The molecule has 2 atom stereocenters. The lowest BCUT2D eigenvalue weighted by Crippen LogP contribution is -2.34. The van der Waals surface area contributed by atoms with Gasteiger partial charge in [-0.05, 0) is 31.2 Å². The van der Waals surface area contributed by atoms with Crippen molar-refractivity contribution in [1.29, 1.82) is 0 Å². The summed E-state index contributed by atoms with van der Waals surface area (Å²) in [7, 11) is 2.07. The van der Waals surface area contributed by atoms with Crippen LogP contribution in [0.25, 0.3) is 0 Å². The molecule has 21 heavy (non-hydrogen) atoms. The maximum Gasteiger partial charge on any atom is 0.142 e. The summed E-state index contributed by atoms with van der Waals surface area (Å²) < 4.78 is 13.7. The summed E-state index contributed by atoms with van der Waals surface area (Å²) >= 11 is 7.42. The van der Waals surface area contributed by atoms with E-state index < -0.39 is 0 Å². The van der Waals surface area contributed by atoms with Crippen LogP contribution < -0.4 is 5.32 Å². The van der Waals surface area contributed by atoms with Gasteiger partial charge in [0.2, 0.25) is 0 Å². The molecule has 0 unspecified atom stereocenters. The van der Waals surface area contributed by atoms with Crippen LogP contribution in [0, 0.1) is 5.82 Å². The third-order valence-corrected chi connectivity index (χ3v) is 5.04. The Kier molecular flexibility index (Phi) is 4.54. The van der Waals surface area contributed by atoms with Crippen molar-refractivity contribution < 1.29 is 4.39 Å². The number of halogens is 2. The molecule has 2 heterocycles. The van der Waals surface area contributed by atoms with Crippen LogP contribution in [0.1, 0.15) is 22.9 Å². The van der Waals surface area contributed by atoms with Gasteiger partial charge in [0, 0.05) is 36.2 Å². The van der Waals surface area contributed by atoms with Crippen LogP contribution >= 0.6 is 22.9 Å². The van der Waals surface area contributed by atoms with Crippen LogP contribution in [0.2, 0.25) is 5.02 Å². The fourth-order valence-corrected chi connectivity index (χ4v) is 3.57. The molecule has 0 radical (unpaired) electrons. The van der Waals surface area contributed by atoms with Crippen LogP contribution in [0.4, 0.5) is 4.39 Å². The normalized spacial score (nSPS) is 22.8. The highest BCUT2D eigenvalue weighted by Crippen LogP contribution is 2.32. The number of likely N-dealkylation sites (N-methyl/N-ethyl adjacent to an activating group) is 1. The molecule has 2 aromatic rings. The van der Waals surface area contributed by atoms with Crippen molar-refractivity contribution in [1.82, 2.24) is 15.2 Å². The molecule has 1 aliphatic heterocycles. The molecule has 3 nitrogen and oxygen atoms in total. The molecule has 1 aliphatic rings. The van der Waals surface area contributed by atoms with E-state index in [0.717, 1.165) is 25.1 Å². The summed E-state index contributed by atoms with van der Waals surface area (Å²) in [6, 6.07) is 5.58. The highest BCUT2D eigenvalue weighted by Gasteiger charge is 2.33. The monoisotopic (exact) mass is 325 g/mol. The van der Waals surface area contributed by atoms with Gasteiger partial charge in [0.05, 0.1) is 10.5 Å². The molecule has 0 spiro atoms. The van der Waals surface area contributed by atoms with E-state index in [-0.39, 0.29) is 16.9 Å². The summed E-state index contributed by atoms with van der Waals surface area (Å²) in [5.74, 6) is -0.351. The van der Waals surface area contributed by atoms with Gasteiger partial charge in [-0.2, -0.15) is 0 Å². The van der Waals surface area contributed by atoms with Gasteiger partial charge in [-0.3, -0.25) is 9.88 Å². The molecule has 0 amide bonds. The van der Waals surface area contributed by atoms with Crippen molar-refractivity contribution in [2.24, 2.45) is 0 Å². The maximum absolute atomic E-state index is 13.7. The Morgan fingerprint density at radius 1 is 1.52 bits per heavy atom. The van der Waals surface area contributed by atoms with Gasteiger partial charge in [0.15, 0.2) is 0 Å². The molecular weight excluding hydrogens is 309 g/mol. The Hall–Kier alpha value is -1.01. The van der Waals surface area contributed by atoms with Crippen molar-refractivity contribution in [3.8, 4) is 0 Å². The van der Waals surface area contributed by atoms with Gasteiger partial charge in [0.25, 0.3) is 0 Å². The number of hydrogen-bond acceptors (Lipinski definition) is 4. The summed E-state index contributed by atoms with van der Waals surface area (Å²) in [5, 5.41) is 3.74. The van der Waals surface area contributed by atoms with Crippen LogP contribution in [0.3, 0.4) is 0 Å². The summed E-state index contributed by atoms with van der Waals surface area (Å²) in [4.78, 5) is 7.56. The van der Waals surface area contributed by atoms with Crippen LogP contribution in [-0.4, -0.2) is 29.5 Å². The summed E-state index contributed by atoms with van der Waals surface area (Å²) in [5.41, 5.74) is 2.81. The number of likely N-dealkylation sites (tertiary alicyclic amines) is 1. The van der Waals surface area contributed by atoms with Gasteiger partial charge in [-0.25, -0.2) is 4.39 Å². The minimum Gasteiger partial charge on any atom is -0.307 e. The third kappa shape index (κ3) is 3.26. The Morgan fingerprint density at radius 2 is 2.38 bits per heavy atom. The minimum absolute atomic E-state index is 0.171. The lowest BCUT2D eigenvalue weighted by Gasteiger charge is -2.26. The van der Waals surface area contributed by atoms with E-state index in [2.05, 4.69) is 22.2 Å². The smallest absolute Gasteiger partial charge is 0.142 e. The van der Waals surface area contributed by atoms with Gasteiger partial charge >= 0.3 is 0 Å². The summed E-state index contributed by atoms with van der Waals surface area (Å²) in [6.07, 6.45) is 2.93. The third-order valence-electron chi connectivity index (χ3n) is 3.96. The number of hydrogen-bond donors (Lipinski definition) is 1.